The second kappa shape index (κ2) is 18.0. The zero-order valence-corrected chi connectivity index (χ0v) is 52.5. The Labute approximate surface area is 421 Å². The third-order valence-electron chi connectivity index (χ3n) is 18.6. The molecule has 0 N–H and O–H groups in total. The molecule has 12 heteroatoms. The van der Waals surface area contributed by atoms with Gasteiger partial charge >= 0.3 is 0 Å². The van der Waals surface area contributed by atoms with E-state index < -0.39 is 33.3 Å². The number of nitrogens with zero attached hydrogens (tertiary/aromatic N) is 4. The van der Waals surface area contributed by atoms with E-state index in [9.17, 15) is 0 Å². The molecule has 2 aliphatic heterocycles. The topological polar surface area (TPSA) is 49.9 Å². The van der Waals surface area contributed by atoms with Gasteiger partial charge in [-0.15, -0.1) is 0 Å². The molecule has 0 aliphatic carbocycles. The van der Waals surface area contributed by atoms with Gasteiger partial charge in [0.2, 0.25) is 33.3 Å². The highest BCUT2D eigenvalue weighted by atomic mass is 28.4. The summed E-state index contributed by atoms with van der Waals surface area (Å²) in [7, 11) is -8.94. The summed E-state index contributed by atoms with van der Waals surface area (Å²) in [6.07, 6.45) is -0.444. The van der Waals surface area contributed by atoms with Crippen molar-refractivity contribution in [2.45, 2.75) is 245 Å². The van der Waals surface area contributed by atoms with Gasteiger partial charge in [-0.2, -0.15) is 20.3 Å². The minimum atomic E-state index is -2.23. The maximum absolute atomic E-state index is 7.36. The number of benzene rings is 3. The highest BCUT2D eigenvalue weighted by molar-refractivity contribution is 6.75. The Balaban J connectivity index is 1.50. The molecule has 3 aromatic rings. The van der Waals surface area contributed by atoms with Crippen LogP contribution in [0.25, 0.3) is 22.3 Å². The molecule has 0 aromatic heterocycles. The summed E-state index contributed by atoms with van der Waals surface area (Å²) in [6, 6.07) is 27.3. The first-order valence-corrected chi connectivity index (χ1v) is 37.1. The van der Waals surface area contributed by atoms with Gasteiger partial charge in [0.15, 0.2) is 0 Å². The predicted octanol–water partition coefficient (Wildman–Crippen LogP) is 17.1. The van der Waals surface area contributed by atoms with E-state index in [-0.39, 0.29) is 54.6 Å². The van der Waals surface area contributed by atoms with Gasteiger partial charge in [-0.05, 0) is 161 Å². The van der Waals surface area contributed by atoms with Gasteiger partial charge in [0.05, 0.1) is 22.2 Å². The molecule has 2 aliphatic rings. The van der Waals surface area contributed by atoms with E-state index in [1.165, 1.54) is 22.3 Å². The van der Waals surface area contributed by atoms with Gasteiger partial charge in [-0.25, -0.2) is 0 Å². The molecular weight excluding hydrogens is 905 g/mol. The van der Waals surface area contributed by atoms with Crippen LogP contribution in [-0.2, 0) is 18.1 Å². The van der Waals surface area contributed by atoms with Crippen LogP contribution in [0.3, 0.4) is 0 Å². The van der Waals surface area contributed by atoms with E-state index >= 15 is 0 Å². The van der Waals surface area contributed by atoms with Gasteiger partial charge in [0, 0.05) is 0 Å². The fraction of sp³-hybridized carbons (Fsp3) is 0.679. The average Bonchev–Trinajstić information content (AvgIpc) is 3.40. The Morgan fingerprint density at radius 1 is 0.309 bits per heavy atom. The molecule has 2 fully saturated rings. The summed E-state index contributed by atoms with van der Waals surface area (Å²) in [5.41, 5.74) is 5.61. The Bertz CT molecular complexity index is 1970. The van der Waals surface area contributed by atoms with E-state index in [1.807, 2.05) is 0 Å². The van der Waals surface area contributed by atoms with Gasteiger partial charge in [0.25, 0.3) is 0 Å². The minimum absolute atomic E-state index is 0.0372. The lowest BCUT2D eigenvalue weighted by atomic mass is 9.84. The van der Waals surface area contributed by atoms with Crippen LogP contribution in [0.15, 0.2) is 72.8 Å². The van der Waals surface area contributed by atoms with Gasteiger partial charge in [0.1, 0.15) is 12.3 Å². The zero-order chi connectivity index (χ0) is 52.2. The van der Waals surface area contributed by atoms with Crippen molar-refractivity contribution in [3.63, 3.8) is 0 Å². The van der Waals surface area contributed by atoms with Crippen LogP contribution in [0.5, 0.6) is 0 Å². The van der Waals surface area contributed by atoms with Crippen molar-refractivity contribution in [3.05, 3.63) is 83.9 Å². The quantitative estimate of drug-likeness (QED) is 0.166. The van der Waals surface area contributed by atoms with Crippen LogP contribution >= 0.6 is 0 Å². The maximum Gasteiger partial charge on any atom is 0.220 e. The van der Waals surface area contributed by atoms with Crippen molar-refractivity contribution in [3.8, 4) is 22.3 Å². The number of rotatable bonds is 12. The van der Waals surface area contributed by atoms with Crippen molar-refractivity contribution in [1.82, 2.24) is 20.3 Å². The molecule has 3 aromatic carbocycles. The standard InChI is InChI=1S/C56H98N4O4Si4/c1-49(2,3)65(21,22)61-57-47(58(54(15,16)53(57,13)14)62-66(23,24)50(4,5)6)45-37-33-43(34-38-45)41-29-31-42(32-30-41)44-35-39-46(40-36-44)48-59(63-67(25,26)51(7,8)9)55(17,18)56(19,20)60(48)64-68(27,28)52(10,11)12/h29-40,47-48H,1-28H3. The fourth-order valence-corrected chi connectivity index (χ4v) is 12.1. The van der Waals surface area contributed by atoms with Crippen LogP contribution in [0.4, 0.5) is 0 Å². The molecular formula is C56H98N4O4Si4. The Kier molecular flexibility index (Phi) is 15.1. The SMILES string of the molecule is CC1(C)N(O[Si](C)(C)C(C)(C)C)C(c2ccc(-c3ccc(-c4ccc(C5N(O[Si](C)(C)C(C)(C)C)C(C)(C)C(C)(C)N5O[Si](C)(C)C(C)(C)C)cc4)cc3)cc2)N(O[Si](C)(C)C(C)(C)C)C1(C)C. The molecule has 0 spiro atoms. The highest BCUT2D eigenvalue weighted by Gasteiger charge is 2.65. The highest BCUT2D eigenvalue weighted by Crippen LogP contribution is 2.56. The van der Waals surface area contributed by atoms with Crippen molar-refractivity contribution in [1.29, 1.82) is 0 Å². The smallest absolute Gasteiger partial charge is 0.220 e. The van der Waals surface area contributed by atoms with Crippen LogP contribution in [-0.4, -0.2) is 75.7 Å². The molecule has 0 unspecified atom stereocenters. The van der Waals surface area contributed by atoms with Gasteiger partial charge in [-0.1, -0.05) is 156 Å². The van der Waals surface area contributed by atoms with E-state index in [1.54, 1.807) is 0 Å². The second-order valence-electron chi connectivity index (χ2n) is 28.5. The van der Waals surface area contributed by atoms with Crippen molar-refractivity contribution < 1.29 is 18.1 Å². The molecule has 0 saturated carbocycles. The van der Waals surface area contributed by atoms with Gasteiger partial charge in [-0.3, -0.25) is 0 Å². The fourth-order valence-electron chi connectivity index (χ4n) is 7.77. The summed E-state index contributed by atoms with van der Waals surface area (Å²) >= 11 is 0. The first-order chi connectivity index (χ1) is 30.3. The van der Waals surface area contributed by atoms with Crippen LogP contribution in [0, 0.1) is 0 Å². The normalized spacial score (nSPS) is 21.0. The zero-order valence-electron chi connectivity index (χ0n) is 48.5. The molecule has 0 bridgehead atoms. The molecule has 8 nitrogen and oxygen atoms in total. The van der Waals surface area contributed by atoms with Gasteiger partial charge < -0.3 is 18.1 Å². The lowest BCUT2D eigenvalue weighted by molar-refractivity contribution is -0.205. The summed E-state index contributed by atoms with van der Waals surface area (Å²) in [5.74, 6) is 0. The van der Waals surface area contributed by atoms with E-state index in [2.05, 4.69) is 284 Å². The van der Waals surface area contributed by atoms with Crippen LogP contribution in [0.2, 0.25) is 72.5 Å². The number of hydrogen-bond acceptors (Lipinski definition) is 8. The second-order valence-corrected chi connectivity index (χ2v) is 47.3. The summed E-state index contributed by atoms with van der Waals surface area (Å²) < 4.78 is 29.4. The summed E-state index contributed by atoms with van der Waals surface area (Å²) in [6.45, 7) is 65.2. The lowest BCUT2D eigenvalue weighted by Gasteiger charge is -2.46. The Morgan fingerprint density at radius 2 is 0.456 bits per heavy atom. The van der Waals surface area contributed by atoms with Crippen molar-refractivity contribution >= 4 is 33.3 Å². The predicted molar refractivity (Wildman–Crippen MR) is 300 cm³/mol. The first-order valence-electron chi connectivity index (χ1n) is 25.5. The number of hydrogen-bond donors (Lipinski definition) is 0. The van der Waals surface area contributed by atoms with Crippen LogP contribution in [0.1, 0.15) is 162 Å². The molecule has 0 amide bonds. The number of hydroxylamine groups is 8. The molecule has 382 valence electrons. The van der Waals surface area contributed by atoms with Crippen molar-refractivity contribution in [2.75, 3.05) is 0 Å². The van der Waals surface area contributed by atoms with Crippen LogP contribution < -0.4 is 0 Å². The van der Waals surface area contributed by atoms with E-state index in [0.717, 1.165) is 11.1 Å². The monoisotopic (exact) mass is 1000 g/mol. The van der Waals surface area contributed by atoms with E-state index in [0.29, 0.717) is 0 Å². The summed E-state index contributed by atoms with van der Waals surface area (Å²) in [4.78, 5) is 0. The molecule has 2 saturated heterocycles. The largest absolute Gasteiger partial charge is 0.340 e. The maximum atomic E-state index is 7.36. The Hall–Kier alpha value is -1.79. The lowest BCUT2D eigenvalue weighted by Crippen LogP contribution is -2.58. The molecule has 0 radical (unpaired) electrons. The van der Waals surface area contributed by atoms with Crippen molar-refractivity contribution in [2.24, 2.45) is 0 Å². The van der Waals surface area contributed by atoms with E-state index in [4.69, 9.17) is 18.1 Å². The third-order valence-corrected chi connectivity index (χ3v) is 35.6. The molecule has 5 rings (SSSR count). The average molecular weight is 1000 g/mol. The minimum Gasteiger partial charge on any atom is -0.340 e. The molecule has 0 atom stereocenters. The summed E-state index contributed by atoms with van der Waals surface area (Å²) in [5, 5.41) is 9.37. The molecule has 2 heterocycles. The molecule has 68 heavy (non-hydrogen) atoms. The Morgan fingerprint density at radius 3 is 0.603 bits per heavy atom. The first kappa shape index (κ1) is 57.1. The third kappa shape index (κ3) is 10.2.